The highest BCUT2D eigenvalue weighted by Gasteiger charge is 2.18. The van der Waals surface area contributed by atoms with Crippen LogP contribution in [0.15, 0.2) is 48.5 Å². The third-order valence-corrected chi connectivity index (χ3v) is 4.91. The minimum atomic E-state index is -0.461. The van der Waals surface area contributed by atoms with E-state index >= 15 is 0 Å². The highest BCUT2D eigenvalue weighted by atomic mass is 35.5. The zero-order valence-electron chi connectivity index (χ0n) is 15.3. The molecule has 0 bridgehead atoms. The Bertz CT molecular complexity index is 831. The van der Waals surface area contributed by atoms with Crippen LogP contribution in [0.4, 0.5) is 10.1 Å². The molecule has 1 heterocycles. The van der Waals surface area contributed by atoms with Crippen LogP contribution in [-0.4, -0.2) is 49.4 Å². The van der Waals surface area contributed by atoms with Crippen molar-refractivity contribution in [3.63, 3.8) is 0 Å². The van der Waals surface area contributed by atoms with Gasteiger partial charge in [0.2, 0.25) is 0 Å². The van der Waals surface area contributed by atoms with E-state index < -0.39 is 5.91 Å². The molecule has 1 saturated heterocycles. The van der Waals surface area contributed by atoms with E-state index in [1.54, 1.807) is 36.4 Å². The number of rotatable bonds is 4. The third-order valence-electron chi connectivity index (χ3n) is 4.58. The summed E-state index contributed by atoms with van der Waals surface area (Å²) >= 11 is 5.97. The van der Waals surface area contributed by atoms with Crippen molar-refractivity contribution >= 4 is 29.1 Å². The predicted octanol–water partition coefficient (Wildman–Crippen LogP) is 2.45. The Labute approximate surface area is 168 Å². The van der Waals surface area contributed by atoms with Crippen LogP contribution in [0.3, 0.4) is 0 Å². The number of hydrogen-bond donors (Lipinski definition) is 2. The molecule has 3 rings (SSSR count). The van der Waals surface area contributed by atoms with Gasteiger partial charge in [0.05, 0.1) is 17.1 Å². The summed E-state index contributed by atoms with van der Waals surface area (Å²) in [5.74, 6) is -1.01. The summed E-state index contributed by atoms with van der Waals surface area (Å²) in [5, 5.41) is 0.322. The van der Waals surface area contributed by atoms with Gasteiger partial charge in [-0.25, -0.2) is 4.39 Å². The van der Waals surface area contributed by atoms with Crippen molar-refractivity contribution in [1.82, 2.24) is 15.8 Å². The maximum atomic E-state index is 13.1. The molecule has 1 fully saturated rings. The number of nitrogens with one attached hydrogen (secondary N) is 2. The van der Waals surface area contributed by atoms with Crippen molar-refractivity contribution in [2.45, 2.75) is 6.42 Å². The summed E-state index contributed by atoms with van der Waals surface area (Å²) < 4.78 is 13.1. The molecule has 6 nitrogen and oxygen atoms in total. The smallest absolute Gasteiger partial charge is 0.271 e. The van der Waals surface area contributed by atoms with Gasteiger partial charge in [-0.3, -0.25) is 25.3 Å². The molecule has 0 aliphatic carbocycles. The first-order valence-corrected chi connectivity index (χ1v) is 9.47. The lowest BCUT2D eigenvalue weighted by molar-refractivity contribution is -0.123. The van der Waals surface area contributed by atoms with Gasteiger partial charge in [-0.1, -0.05) is 23.7 Å². The Balaban J connectivity index is 1.46. The number of anilines is 1. The molecular formula is C20H22ClFN4O2. The van der Waals surface area contributed by atoms with Crippen molar-refractivity contribution in [3.8, 4) is 0 Å². The molecule has 0 radical (unpaired) electrons. The van der Waals surface area contributed by atoms with E-state index in [1.165, 1.54) is 12.1 Å². The fraction of sp³-hybridized carbons (Fsp3) is 0.300. The standard InChI is InChI=1S/C20H22ClFN4O2/c21-18-5-2-1-4-17(18)20(28)24-23-19(27)14-25-10-3-11-26(13-12-25)16-8-6-15(22)7-9-16/h1-2,4-9H,3,10-14H2,(H,23,27)(H,24,28). The predicted molar refractivity (Wildman–Crippen MR) is 107 cm³/mol. The molecule has 148 valence electrons. The van der Waals surface area contributed by atoms with Crippen LogP contribution in [0.25, 0.3) is 0 Å². The minimum absolute atomic E-state index is 0.181. The Morgan fingerprint density at radius 1 is 0.964 bits per heavy atom. The van der Waals surface area contributed by atoms with E-state index in [1.807, 2.05) is 4.90 Å². The van der Waals surface area contributed by atoms with Crippen LogP contribution in [0, 0.1) is 5.82 Å². The summed E-state index contributed by atoms with van der Waals surface area (Å²) in [6.45, 7) is 3.23. The van der Waals surface area contributed by atoms with Crippen molar-refractivity contribution in [3.05, 3.63) is 64.9 Å². The number of carbonyl (C=O) groups excluding carboxylic acids is 2. The Kier molecular flexibility index (Phi) is 6.84. The van der Waals surface area contributed by atoms with Gasteiger partial charge in [0.25, 0.3) is 11.8 Å². The van der Waals surface area contributed by atoms with Gasteiger partial charge in [-0.05, 0) is 42.8 Å². The van der Waals surface area contributed by atoms with E-state index in [4.69, 9.17) is 11.6 Å². The number of benzene rings is 2. The van der Waals surface area contributed by atoms with Crippen LogP contribution < -0.4 is 15.8 Å². The average molecular weight is 405 g/mol. The molecule has 2 aromatic carbocycles. The lowest BCUT2D eigenvalue weighted by Gasteiger charge is -2.23. The third kappa shape index (κ3) is 5.43. The van der Waals surface area contributed by atoms with Gasteiger partial charge in [0.15, 0.2) is 0 Å². The number of nitrogens with zero attached hydrogens (tertiary/aromatic N) is 2. The number of amides is 2. The molecule has 0 atom stereocenters. The first-order valence-electron chi connectivity index (χ1n) is 9.09. The van der Waals surface area contributed by atoms with Gasteiger partial charge < -0.3 is 4.90 Å². The molecule has 0 aromatic heterocycles. The number of carbonyl (C=O) groups is 2. The zero-order chi connectivity index (χ0) is 19.9. The quantitative estimate of drug-likeness (QED) is 0.768. The molecule has 2 N–H and O–H groups in total. The van der Waals surface area contributed by atoms with E-state index in [-0.39, 0.29) is 18.3 Å². The van der Waals surface area contributed by atoms with E-state index in [9.17, 15) is 14.0 Å². The lowest BCUT2D eigenvalue weighted by atomic mass is 10.2. The highest BCUT2D eigenvalue weighted by molar-refractivity contribution is 6.33. The van der Waals surface area contributed by atoms with Crippen molar-refractivity contribution in [1.29, 1.82) is 0 Å². The van der Waals surface area contributed by atoms with E-state index in [0.29, 0.717) is 17.1 Å². The second-order valence-electron chi connectivity index (χ2n) is 6.58. The first kappa shape index (κ1) is 20.1. The molecule has 8 heteroatoms. The maximum absolute atomic E-state index is 13.1. The Morgan fingerprint density at radius 2 is 1.71 bits per heavy atom. The van der Waals surface area contributed by atoms with E-state index in [0.717, 1.165) is 31.7 Å². The summed E-state index contributed by atoms with van der Waals surface area (Å²) in [5.41, 5.74) is 6.09. The fourth-order valence-corrected chi connectivity index (χ4v) is 3.34. The zero-order valence-corrected chi connectivity index (χ0v) is 16.1. The molecule has 1 aliphatic rings. The van der Waals surface area contributed by atoms with Crippen LogP contribution in [0.1, 0.15) is 16.8 Å². The average Bonchev–Trinajstić information content (AvgIpc) is 2.93. The molecule has 2 aromatic rings. The van der Waals surface area contributed by atoms with Crippen LogP contribution in [-0.2, 0) is 4.79 Å². The SMILES string of the molecule is O=C(CN1CCCN(c2ccc(F)cc2)CC1)NNC(=O)c1ccccc1Cl. The summed E-state index contributed by atoms with van der Waals surface area (Å²) in [4.78, 5) is 28.5. The van der Waals surface area contributed by atoms with Crippen molar-refractivity contribution in [2.24, 2.45) is 0 Å². The van der Waals surface area contributed by atoms with E-state index in [2.05, 4.69) is 15.8 Å². The normalized spacial score (nSPS) is 15.0. The maximum Gasteiger partial charge on any atom is 0.271 e. The number of hydrogen-bond acceptors (Lipinski definition) is 4. The number of halogens is 2. The molecule has 2 amide bonds. The van der Waals surface area contributed by atoms with Crippen LogP contribution >= 0.6 is 11.6 Å². The summed E-state index contributed by atoms with van der Waals surface area (Å²) in [6.07, 6.45) is 0.886. The first-order chi connectivity index (χ1) is 13.5. The number of hydrazine groups is 1. The molecular weight excluding hydrogens is 383 g/mol. The topological polar surface area (TPSA) is 64.7 Å². The molecule has 1 aliphatic heterocycles. The van der Waals surface area contributed by atoms with Gasteiger partial charge >= 0.3 is 0 Å². The minimum Gasteiger partial charge on any atom is -0.370 e. The molecule has 0 unspecified atom stereocenters. The molecule has 0 spiro atoms. The second kappa shape index (κ2) is 9.52. The van der Waals surface area contributed by atoms with Crippen LogP contribution in [0.5, 0.6) is 0 Å². The highest BCUT2D eigenvalue weighted by Crippen LogP contribution is 2.17. The summed E-state index contributed by atoms with van der Waals surface area (Å²) in [6, 6.07) is 13.1. The second-order valence-corrected chi connectivity index (χ2v) is 6.98. The Hall–Kier alpha value is -2.64. The van der Waals surface area contributed by atoms with Gasteiger partial charge in [0, 0.05) is 31.9 Å². The molecule has 28 heavy (non-hydrogen) atoms. The Morgan fingerprint density at radius 3 is 2.46 bits per heavy atom. The van der Waals surface area contributed by atoms with Crippen molar-refractivity contribution in [2.75, 3.05) is 37.6 Å². The fourth-order valence-electron chi connectivity index (χ4n) is 3.12. The van der Waals surface area contributed by atoms with Gasteiger partial charge in [-0.15, -0.1) is 0 Å². The monoisotopic (exact) mass is 404 g/mol. The summed E-state index contributed by atoms with van der Waals surface area (Å²) in [7, 11) is 0. The largest absolute Gasteiger partial charge is 0.370 e. The van der Waals surface area contributed by atoms with Crippen molar-refractivity contribution < 1.29 is 14.0 Å². The van der Waals surface area contributed by atoms with Gasteiger partial charge in [0.1, 0.15) is 5.82 Å². The molecule has 0 saturated carbocycles. The van der Waals surface area contributed by atoms with Crippen LogP contribution in [0.2, 0.25) is 5.02 Å². The van der Waals surface area contributed by atoms with Gasteiger partial charge in [-0.2, -0.15) is 0 Å². The lowest BCUT2D eigenvalue weighted by Crippen LogP contribution is -2.47.